The van der Waals surface area contributed by atoms with Crippen LogP contribution in [0.15, 0.2) is 29.1 Å². The number of ether oxygens (including phenoxy) is 1. The summed E-state index contributed by atoms with van der Waals surface area (Å²) in [6.07, 6.45) is 0. The van der Waals surface area contributed by atoms with Crippen LogP contribution in [0.5, 0.6) is 5.75 Å². The highest BCUT2D eigenvalue weighted by Gasteiger charge is 2.49. The Hall–Kier alpha value is -2.56. The third kappa shape index (κ3) is 2.82. The number of hydrogen-bond donors (Lipinski definition) is 0. The van der Waals surface area contributed by atoms with Crippen molar-refractivity contribution in [3.8, 4) is 5.75 Å². The molecule has 0 saturated heterocycles. The lowest BCUT2D eigenvalue weighted by Crippen LogP contribution is -2.31. The van der Waals surface area contributed by atoms with Gasteiger partial charge < -0.3 is 13.5 Å². The molecule has 2 rings (SSSR count). The Balaban J connectivity index is 2.92. The van der Waals surface area contributed by atoms with Gasteiger partial charge in [-0.1, -0.05) is 18.2 Å². The minimum Gasteiger partial charge on any atom is -0.464 e. The summed E-state index contributed by atoms with van der Waals surface area (Å²) in [6.45, 7) is 0. The topological polar surface area (TPSA) is 91.7 Å². The fourth-order valence-electron chi connectivity index (χ4n) is 2.00. The maximum atomic E-state index is 12.6. The summed E-state index contributed by atoms with van der Waals surface area (Å²) in [7, 11) is -4.06. The van der Waals surface area contributed by atoms with E-state index in [9.17, 15) is 31.2 Å². The Bertz CT molecular complexity index is 978. The molecule has 1 aromatic carbocycles. The van der Waals surface area contributed by atoms with Crippen LogP contribution in [0, 0.1) is 0 Å². The zero-order chi connectivity index (χ0) is 18.3. The van der Waals surface area contributed by atoms with Gasteiger partial charge in [0.05, 0.1) is 12.5 Å². The van der Waals surface area contributed by atoms with E-state index in [-0.39, 0.29) is 10.8 Å². The summed E-state index contributed by atoms with van der Waals surface area (Å²) in [4.78, 5) is 24.1. The standard InChI is InChI=1S/C13H10F3NO6S/c1-17-9(12(19)22-2)10(23-24(20,21)13(14,15)16)7-5-3-4-6-8(7)11(17)18/h3-6H,1-2H3. The Kier molecular flexibility index (Phi) is 4.31. The highest BCUT2D eigenvalue weighted by molar-refractivity contribution is 7.88. The molecule has 0 amide bonds. The first-order chi connectivity index (χ1) is 11.0. The Morgan fingerprint density at radius 3 is 2.21 bits per heavy atom. The number of carbonyl (C=O) groups is 1. The minimum atomic E-state index is -6.06. The molecule has 0 N–H and O–H groups in total. The molecular formula is C13H10F3NO6S. The number of halogens is 3. The number of fused-ring (bicyclic) bond motifs is 1. The second kappa shape index (κ2) is 5.82. The van der Waals surface area contributed by atoms with Gasteiger partial charge in [-0.3, -0.25) is 4.79 Å². The van der Waals surface area contributed by atoms with E-state index in [0.29, 0.717) is 4.57 Å². The van der Waals surface area contributed by atoms with Crippen LogP contribution in [0.2, 0.25) is 0 Å². The first kappa shape index (κ1) is 17.8. The van der Waals surface area contributed by atoms with Crippen molar-refractivity contribution >= 4 is 26.9 Å². The second-order valence-electron chi connectivity index (χ2n) is 4.56. The molecule has 0 radical (unpaired) electrons. The van der Waals surface area contributed by atoms with E-state index in [1.165, 1.54) is 18.2 Å². The van der Waals surface area contributed by atoms with Gasteiger partial charge in [0.25, 0.3) is 5.56 Å². The van der Waals surface area contributed by atoms with Crippen molar-refractivity contribution in [2.24, 2.45) is 7.05 Å². The molecule has 0 fully saturated rings. The van der Waals surface area contributed by atoms with Crippen LogP contribution in [0.1, 0.15) is 10.5 Å². The van der Waals surface area contributed by atoms with Crippen LogP contribution in [0.25, 0.3) is 10.8 Å². The fraction of sp³-hybridized carbons (Fsp3) is 0.231. The van der Waals surface area contributed by atoms with Crippen molar-refractivity contribution in [2.75, 3.05) is 7.11 Å². The van der Waals surface area contributed by atoms with E-state index in [1.54, 1.807) is 0 Å². The Labute approximate surface area is 133 Å². The molecule has 2 aromatic rings. The van der Waals surface area contributed by atoms with Crippen LogP contribution in [0.4, 0.5) is 13.2 Å². The molecule has 11 heteroatoms. The number of carbonyl (C=O) groups excluding carboxylic acids is 1. The SMILES string of the molecule is COC(=O)c1c(OS(=O)(=O)C(F)(F)F)c2ccccc2c(=O)n1C. The van der Waals surface area contributed by atoms with Crippen molar-refractivity contribution in [1.29, 1.82) is 0 Å². The molecular weight excluding hydrogens is 355 g/mol. The number of esters is 1. The lowest BCUT2D eigenvalue weighted by Gasteiger charge is -2.16. The molecule has 0 bridgehead atoms. The number of methoxy groups -OCH3 is 1. The van der Waals surface area contributed by atoms with E-state index in [1.807, 2.05) is 0 Å². The molecule has 0 spiro atoms. The third-order valence-electron chi connectivity index (χ3n) is 3.11. The number of nitrogens with zero attached hydrogens (tertiary/aromatic N) is 1. The lowest BCUT2D eigenvalue weighted by molar-refractivity contribution is -0.0500. The van der Waals surface area contributed by atoms with Gasteiger partial charge in [-0.2, -0.15) is 21.6 Å². The fourth-order valence-corrected chi connectivity index (χ4v) is 2.48. The average Bonchev–Trinajstić information content (AvgIpc) is 2.50. The summed E-state index contributed by atoms with van der Waals surface area (Å²) in [5, 5.41) is -0.395. The maximum Gasteiger partial charge on any atom is 0.534 e. The van der Waals surface area contributed by atoms with Gasteiger partial charge in [-0.15, -0.1) is 0 Å². The molecule has 0 aliphatic carbocycles. The van der Waals surface area contributed by atoms with Gasteiger partial charge >= 0.3 is 21.6 Å². The quantitative estimate of drug-likeness (QED) is 0.466. The van der Waals surface area contributed by atoms with Crippen molar-refractivity contribution in [1.82, 2.24) is 4.57 Å². The molecule has 24 heavy (non-hydrogen) atoms. The number of pyridine rings is 1. The number of aromatic nitrogens is 1. The van der Waals surface area contributed by atoms with Gasteiger partial charge in [0.2, 0.25) is 0 Å². The zero-order valence-electron chi connectivity index (χ0n) is 12.2. The van der Waals surface area contributed by atoms with E-state index >= 15 is 0 Å². The van der Waals surface area contributed by atoms with E-state index < -0.39 is 38.6 Å². The normalized spacial score (nSPS) is 12.2. The zero-order valence-corrected chi connectivity index (χ0v) is 13.1. The van der Waals surface area contributed by atoms with E-state index in [2.05, 4.69) is 8.92 Å². The number of rotatable bonds is 3. The van der Waals surface area contributed by atoms with E-state index in [4.69, 9.17) is 0 Å². The van der Waals surface area contributed by atoms with Crippen molar-refractivity contribution < 1.29 is 35.3 Å². The summed E-state index contributed by atoms with van der Waals surface area (Å²) in [5.74, 6) is -2.16. The number of hydrogen-bond acceptors (Lipinski definition) is 6. The summed E-state index contributed by atoms with van der Waals surface area (Å²) < 4.78 is 69.7. The maximum absolute atomic E-state index is 12.6. The van der Waals surface area contributed by atoms with E-state index in [0.717, 1.165) is 20.2 Å². The second-order valence-corrected chi connectivity index (χ2v) is 6.10. The largest absolute Gasteiger partial charge is 0.534 e. The summed E-state index contributed by atoms with van der Waals surface area (Å²) >= 11 is 0. The van der Waals surface area contributed by atoms with Crippen LogP contribution >= 0.6 is 0 Å². The third-order valence-corrected chi connectivity index (χ3v) is 4.07. The number of benzene rings is 1. The Morgan fingerprint density at radius 1 is 1.17 bits per heavy atom. The van der Waals surface area contributed by atoms with Gasteiger partial charge in [0, 0.05) is 12.4 Å². The van der Waals surface area contributed by atoms with Crippen LogP contribution < -0.4 is 9.74 Å². The molecule has 130 valence electrons. The molecule has 7 nitrogen and oxygen atoms in total. The predicted octanol–water partition coefficient (Wildman–Crippen LogP) is 1.55. The minimum absolute atomic E-state index is 0.125. The van der Waals surface area contributed by atoms with Crippen molar-refractivity contribution in [3.05, 3.63) is 40.3 Å². The molecule has 1 heterocycles. The monoisotopic (exact) mass is 365 g/mol. The highest BCUT2D eigenvalue weighted by atomic mass is 32.2. The van der Waals surface area contributed by atoms with Gasteiger partial charge in [0.1, 0.15) is 0 Å². The summed E-state index contributed by atoms with van der Waals surface area (Å²) in [5.41, 5.74) is -7.20. The lowest BCUT2D eigenvalue weighted by atomic mass is 10.1. The first-order valence-corrected chi connectivity index (χ1v) is 7.63. The smallest absolute Gasteiger partial charge is 0.464 e. The average molecular weight is 365 g/mol. The van der Waals surface area contributed by atoms with Crippen LogP contribution in [-0.2, 0) is 21.9 Å². The first-order valence-electron chi connectivity index (χ1n) is 6.22. The molecule has 0 atom stereocenters. The van der Waals surface area contributed by atoms with Crippen LogP contribution in [-0.4, -0.2) is 31.6 Å². The number of alkyl halides is 3. The molecule has 0 saturated carbocycles. The molecule has 1 aromatic heterocycles. The van der Waals surface area contributed by atoms with Crippen LogP contribution in [0.3, 0.4) is 0 Å². The van der Waals surface area contributed by atoms with Gasteiger partial charge in [-0.25, -0.2) is 4.79 Å². The highest BCUT2D eigenvalue weighted by Crippen LogP contribution is 2.33. The summed E-state index contributed by atoms with van der Waals surface area (Å²) in [6, 6.07) is 5.18. The van der Waals surface area contributed by atoms with Gasteiger partial charge in [-0.05, 0) is 6.07 Å². The predicted molar refractivity (Wildman–Crippen MR) is 76.1 cm³/mol. The molecule has 0 aliphatic heterocycles. The van der Waals surface area contributed by atoms with Crippen molar-refractivity contribution in [3.63, 3.8) is 0 Å². The van der Waals surface area contributed by atoms with Gasteiger partial charge in [0.15, 0.2) is 11.4 Å². The van der Waals surface area contributed by atoms with Crippen molar-refractivity contribution in [2.45, 2.75) is 5.51 Å². The Morgan fingerprint density at radius 2 is 1.71 bits per heavy atom. The molecule has 0 aliphatic rings. The molecule has 0 unspecified atom stereocenters.